The summed E-state index contributed by atoms with van der Waals surface area (Å²) in [5, 5.41) is 8.22. The Kier molecular flexibility index (Phi) is 5.58. The molecule has 3 amide bonds. The number of rotatable bonds is 6. The van der Waals surface area contributed by atoms with E-state index in [1.165, 1.54) is 0 Å². The van der Waals surface area contributed by atoms with E-state index in [-0.39, 0.29) is 30.6 Å². The van der Waals surface area contributed by atoms with Crippen LogP contribution in [0, 0.1) is 0 Å². The Labute approximate surface area is 151 Å². The van der Waals surface area contributed by atoms with Gasteiger partial charge in [0.15, 0.2) is 0 Å². The van der Waals surface area contributed by atoms with Crippen molar-refractivity contribution in [3.05, 3.63) is 59.9 Å². The fourth-order valence-electron chi connectivity index (χ4n) is 2.75. The van der Waals surface area contributed by atoms with Crippen LogP contribution in [-0.4, -0.2) is 35.3 Å². The molecular weight excluding hydrogens is 332 g/mol. The third-order valence-electron chi connectivity index (χ3n) is 4.14. The Morgan fingerprint density at radius 1 is 1.12 bits per heavy atom. The first-order valence-electron chi connectivity index (χ1n) is 8.51. The second-order valence-corrected chi connectivity index (χ2v) is 6.02. The van der Waals surface area contributed by atoms with E-state index in [0.29, 0.717) is 24.2 Å². The van der Waals surface area contributed by atoms with Crippen LogP contribution in [0.5, 0.6) is 0 Å². The number of anilines is 1. The molecule has 7 nitrogen and oxygen atoms in total. The lowest BCUT2D eigenvalue weighted by Gasteiger charge is -2.14. The number of pyridine rings is 1. The minimum Gasteiger partial charge on any atom is -0.356 e. The molecular formula is C19H20N4O3. The fourth-order valence-corrected chi connectivity index (χ4v) is 2.75. The first-order chi connectivity index (χ1) is 12.6. The summed E-state index contributed by atoms with van der Waals surface area (Å²) in [4.78, 5) is 40.7. The molecule has 0 spiro atoms. The van der Waals surface area contributed by atoms with E-state index in [1.54, 1.807) is 30.5 Å². The molecule has 0 radical (unpaired) electrons. The monoisotopic (exact) mass is 352 g/mol. The van der Waals surface area contributed by atoms with Gasteiger partial charge >= 0.3 is 0 Å². The van der Waals surface area contributed by atoms with Gasteiger partial charge in [-0.1, -0.05) is 18.2 Å². The number of benzene rings is 1. The number of hydrogen-bond acceptors (Lipinski definition) is 4. The molecule has 0 aliphatic carbocycles. The molecule has 1 aromatic carbocycles. The van der Waals surface area contributed by atoms with E-state index in [1.807, 2.05) is 18.2 Å². The molecule has 0 saturated carbocycles. The highest BCUT2D eigenvalue weighted by molar-refractivity contribution is 6.09. The molecule has 1 aromatic heterocycles. The molecule has 1 aliphatic rings. The number of fused-ring (bicyclic) bond motifs is 1. The number of hydrogen-bond donors (Lipinski definition) is 3. The van der Waals surface area contributed by atoms with Gasteiger partial charge in [-0.25, -0.2) is 0 Å². The van der Waals surface area contributed by atoms with E-state index < -0.39 is 6.04 Å². The van der Waals surface area contributed by atoms with E-state index in [2.05, 4.69) is 20.9 Å². The van der Waals surface area contributed by atoms with Crippen molar-refractivity contribution >= 4 is 23.4 Å². The molecule has 26 heavy (non-hydrogen) atoms. The number of nitrogens with zero attached hydrogens (tertiary/aromatic N) is 1. The molecule has 1 aliphatic heterocycles. The summed E-state index contributed by atoms with van der Waals surface area (Å²) in [7, 11) is 0. The van der Waals surface area contributed by atoms with Crippen LogP contribution < -0.4 is 16.0 Å². The maximum atomic E-state index is 12.3. The molecule has 134 valence electrons. The standard InChI is InChI=1S/C19H20N4O3/c24-17(21-12-10-13-5-3-4-11-20-13)9-8-16-19(26)22-15-7-2-1-6-14(15)18(25)23-16/h1-7,11,16H,8-10,12H2,(H,21,24)(H,22,26)(H,23,25)/t16-/m1/s1. The summed E-state index contributed by atoms with van der Waals surface area (Å²) < 4.78 is 0. The molecule has 2 heterocycles. The molecule has 0 saturated heterocycles. The topological polar surface area (TPSA) is 100 Å². The summed E-state index contributed by atoms with van der Waals surface area (Å²) in [5.41, 5.74) is 1.81. The zero-order valence-electron chi connectivity index (χ0n) is 14.2. The Balaban J connectivity index is 1.47. The molecule has 0 fully saturated rings. The van der Waals surface area contributed by atoms with Gasteiger partial charge < -0.3 is 16.0 Å². The summed E-state index contributed by atoms with van der Waals surface area (Å²) in [6.07, 6.45) is 2.74. The average Bonchev–Trinajstić information content (AvgIpc) is 2.77. The van der Waals surface area contributed by atoms with Gasteiger partial charge in [-0.05, 0) is 30.7 Å². The molecule has 0 unspecified atom stereocenters. The van der Waals surface area contributed by atoms with Gasteiger partial charge in [-0.2, -0.15) is 0 Å². The molecule has 2 aromatic rings. The highest BCUT2D eigenvalue weighted by Gasteiger charge is 2.27. The lowest BCUT2D eigenvalue weighted by molar-refractivity contribution is -0.121. The quantitative estimate of drug-likeness (QED) is 0.729. The number of amides is 3. The Bertz CT molecular complexity index is 807. The lowest BCUT2D eigenvalue weighted by atomic mass is 10.1. The van der Waals surface area contributed by atoms with Gasteiger partial charge in [0.25, 0.3) is 5.91 Å². The second-order valence-electron chi connectivity index (χ2n) is 6.02. The maximum absolute atomic E-state index is 12.3. The predicted molar refractivity (Wildman–Crippen MR) is 96.5 cm³/mol. The van der Waals surface area contributed by atoms with Crippen LogP contribution in [0.4, 0.5) is 5.69 Å². The van der Waals surface area contributed by atoms with Crippen LogP contribution in [0.3, 0.4) is 0 Å². The molecule has 3 N–H and O–H groups in total. The van der Waals surface area contributed by atoms with Crippen LogP contribution in [0.15, 0.2) is 48.7 Å². The Morgan fingerprint density at radius 2 is 1.92 bits per heavy atom. The maximum Gasteiger partial charge on any atom is 0.254 e. The normalized spacial score (nSPS) is 16.1. The predicted octanol–water partition coefficient (Wildman–Crippen LogP) is 1.27. The van der Waals surface area contributed by atoms with Crippen molar-refractivity contribution in [2.45, 2.75) is 25.3 Å². The van der Waals surface area contributed by atoms with Crippen molar-refractivity contribution in [1.29, 1.82) is 0 Å². The van der Waals surface area contributed by atoms with Crippen molar-refractivity contribution in [1.82, 2.24) is 15.6 Å². The lowest BCUT2D eigenvalue weighted by Crippen LogP contribution is -2.42. The second kappa shape index (κ2) is 8.24. The first kappa shape index (κ1) is 17.6. The smallest absolute Gasteiger partial charge is 0.254 e. The number of nitrogens with one attached hydrogen (secondary N) is 3. The van der Waals surface area contributed by atoms with Gasteiger partial charge in [0.2, 0.25) is 11.8 Å². The molecule has 7 heteroatoms. The third-order valence-corrected chi connectivity index (χ3v) is 4.14. The first-order valence-corrected chi connectivity index (χ1v) is 8.51. The molecule has 1 atom stereocenters. The summed E-state index contributed by atoms with van der Waals surface area (Å²) >= 11 is 0. The van der Waals surface area contributed by atoms with Crippen molar-refractivity contribution in [3.8, 4) is 0 Å². The van der Waals surface area contributed by atoms with Crippen molar-refractivity contribution in [2.24, 2.45) is 0 Å². The number of carbonyl (C=O) groups excluding carboxylic acids is 3. The summed E-state index contributed by atoms with van der Waals surface area (Å²) in [5.74, 6) is -0.797. The van der Waals surface area contributed by atoms with Crippen LogP contribution >= 0.6 is 0 Å². The van der Waals surface area contributed by atoms with Crippen LogP contribution in [0.1, 0.15) is 28.9 Å². The summed E-state index contributed by atoms with van der Waals surface area (Å²) in [6.45, 7) is 0.477. The molecule has 0 bridgehead atoms. The van der Waals surface area contributed by atoms with E-state index >= 15 is 0 Å². The van der Waals surface area contributed by atoms with Crippen molar-refractivity contribution < 1.29 is 14.4 Å². The van der Waals surface area contributed by atoms with Gasteiger partial charge in [-0.3, -0.25) is 19.4 Å². The minimum atomic E-state index is -0.739. The Hall–Kier alpha value is -3.22. The largest absolute Gasteiger partial charge is 0.356 e. The minimum absolute atomic E-state index is 0.150. The zero-order valence-corrected chi connectivity index (χ0v) is 14.2. The van der Waals surface area contributed by atoms with E-state index in [9.17, 15) is 14.4 Å². The SMILES string of the molecule is O=C(CC[C@H]1NC(=O)c2ccccc2NC1=O)NCCc1ccccn1. The van der Waals surface area contributed by atoms with Crippen molar-refractivity contribution in [3.63, 3.8) is 0 Å². The number of aromatic nitrogens is 1. The van der Waals surface area contributed by atoms with Gasteiger partial charge in [0, 0.05) is 31.3 Å². The number of carbonyl (C=O) groups is 3. The van der Waals surface area contributed by atoms with Gasteiger partial charge in [-0.15, -0.1) is 0 Å². The van der Waals surface area contributed by atoms with Crippen molar-refractivity contribution in [2.75, 3.05) is 11.9 Å². The van der Waals surface area contributed by atoms with Gasteiger partial charge in [0.1, 0.15) is 6.04 Å². The fraction of sp³-hybridized carbons (Fsp3) is 0.263. The highest BCUT2D eigenvalue weighted by Crippen LogP contribution is 2.19. The average molecular weight is 352 g/mol. The summed E-state index contributed by atoms with van der Waals surface area (Å²) in [6, 6.07) is 11.7. The van der Waals surface area contributed by atoms with Crippen LogP contribution in [0.2, 0.25) is 0 Å². The van der Waals surface area contributed by atoms with E-state index in [4.69, 9.17) is 0 Å². The van der Waals surface area contributed by atoms with Crippen LogP contribution in [-0.2, 0) is 16.0 Å². The third kappa shape index (κ3) is 4.44. The zero-order chi connectivity index (χ0) is 18.4. The van der Waals surface area contributed by atoms with Crippen LogP contribution in [0.25, 0.3) is 0 Å². The molecule has 3 rings (SSSR count). The highest BCUT2D eigenvalue weighted by atomic mass is 16.2. The Morgan fingerprint density at radius 3 is 2.73 bits per heavy atom. The van der Waals surface area contributed by atoms with E-state index in [0.717, 1.165) is 5.69 Å². The van der Waals surface area contributed by atoms with Gasteiger partial charge in [0.05, 0.1) is 11.3 Å². The number of para-hydroxylation sites is 1.